The van der Waals surface area contributed by atoms with E-state index in [-0.39, 0.29) is 22.7 Å². The molecule has 0 saturated carbocycles. The van der Waals surface area contributed by atoms with E-state index in [2.05, 4.69) is 4.98 Å². The molecule has 1 N–H and O–H groups in total. The quantitative estimate of drug-likeness (QED) is 0.856. The summed E-state index contributed by atoms with van der Waals surface area (Å²) in [7, 11) is 1.40. The summed E-state index contributed by atoms with van der Waals surface area (Å²) in [5.41, 5.74) is 3.40. The molecule has 1 aromatic heterocycles. The predicted octanol–water partition coefficient (Wildman–Crippen LogP) is 4.77. The number of carbonyl (C=O) groups is 1. The van der Waals surface area contributed by atoms with Crippen molar-refractivity contribution in [2.75, 3.05) is 12.0 Å². The highest BCUT2D eigenvalue weighted by molar-refractivity contribution is 6.34. The highest BCUT2D eigenvalue weighted by atomic mass is 35.5. The van der Waals surface area contributed by atoms with Gasteiger partial charge >= 0.3 is 0 Å². The standard InChI is InChI=1S/C19H18ClFN2O2/c1-25-17-10-16(13(20)9-14(17)21)23-18(15-7-4-8-22-15)11-5-2-3-6-12(11)19(23)24/h4,7-10,18,22H,2-3,5-6H2,1H3. The molecule has 0 spiro atoms. The van der Waals surface area contributed by atoms with E-state index in [1.165, 1.54) is 19.2 Å². The lowest BCUT2D eigenvalue weighted by Gasteiger charge is -2.28. The molecule has 130 valence electrons. The van der Waals surface area contributed by atoms with Crippen LogP contribution >= 0.6 is 11.6 Å². The van der Waals surface area contributed by atoms with Crippen molar-refractivity contribution in [1.82, 2.24) is 4.98 Å². The first-order chi connectivity index (χ1) is 12.1. The summed E-state index contributed by atoms with van der Waals surface area (Å²) < 4.78 is 19.0. The second kappa shape index (κ2) is 6.23. The first-order valence-corrected chi connectivity index (χ1v) is 8.71. The van der Waals surface area contributed by atoms with E-state index in [1.54, 1.807) is 4.90 Å². The van der Waals surface area contributed by atoms with Gasteiger partial charge in [-0.25, -0.2) is 4.39 Å². The number of methoxy groups -OCH3 is 1. The van der Waals surface area contributed by atoms with Crippen LogP contribution in [0.5, 0.6) is 5.75 Å². The Morgan fingerprint density at radius 3 is 2.84 bits per heavy atom. The maximum Gasteiger partial charge on any atom is 0.255 e. The number of hydrogen-bond acceptors (Lipinski definition) is 2. The summed E-state index contributed by atoms with van der Waals surface area (Å²) in [6.45, 7) is 0. The molecule has 0 radical (unpaired) electrons. The molecule has 2 aliphatic rings. The van der Waals surface area contributed by atoms with Crippen molar-refractivity contribution in [3.63, 3.8) is 0 Å². The van der Waals surface area contributed by atoms with Gasteiger partial charge in [-0.1, -0.05) is 11.6 Å². The van der Waals surface area contributed by atoms with E-state index in [4.69, 9.17) is 16.3 Å². The predicted molar refractivity (Wildman–Crippen MR) is 94.5 cm³/mol. The summed E-state index contributed by atoms with van der Waals surface area (Å²) in [5.74, 6) is -0.524. The summed E-state index contributed by atoms with van der Waals surface area (Å²) in [6.07, 6.45) is 5.58. The van der Waals surface area contributed by atoms with Gasteiger partial charge in [-0.15, -0.1) is 0 Å². The lowest BCUT2D eigenvalue weighted by molar-refractivity contribution is -0.115. The Hall–Kier alpha value is -2.27. The van der Waals surface area contributed by atoms with E-state index < -0.39 is 5.82 Å². The van der Waals surface area contributed by atoms with E-state index in [0.29, 0.717) is 5.69 Å². The zero-order valence-electron chi connectivity index (χ0n) is 13.8. The van der Waals surface area contributed by atoms with Gasteiger partial charge in [0.2, 0.25) is 0 Å². The number of ether oxygens (including phenoxy) is 1. The van der Waals surface area contributed by atoms with Crippen molar-refractivity contribution in [1.29, 1.82) is 0 Å². The SMILES string of the molecule is COc1cc(N2C(=O)C3=C(CCCC3)C2c2ccc[nH]2)c(Cl)cc1F. The van der Waals surface area contributed by atoms with Crippen LogP contribution in [0.2, 0.25) is 5.02 Å². The molecular weight excluding hydrogens is 343 g/mol. The number of carbonyl (C=O) groups excluding carboxylic acids is 1. The lowest BCUT2D eigenvalue weighted by atomic mass is 9.89. The topological polar surface area (TPSA) is 45.3 Å². The van der Waals surface area contributed by atoms with Crippen molar-refractivity contribution < 1.29 is 13.9 Å². The molecule has 0 bridgehead atoms. The third kappa shape index (κ3) is 2.54. The number of halogens is 2. The summed E-state index contributed by atoms with van der Waals surface area (Å²) in [5, 5.41) is 0.197. The van der Waals surface area contributed by atoms with Crippen LogP contribution < -0.4 is 9.64 Å². The minimum Gasteiger partial charge on any atom is -0.494 e. The summed E-state index contributed by atoms with van der Waals surface area (Å²) in [4.78, 5) is 18.0. The Bertz CT molecular complexity index is 861. The number of rotatable bonds is 3. The second-order valence-electron chi connectivity index (χ2n) is 6.35. The number of anilines is 1. The monoisotopic (exact) mass is 360 g/mol. The maximum atomic E-state index is 14.0. The molecule has 1 aliphatic heterocycles. The highest BCUT2D eigenvalue weighted by Gasteiger charge is 2.42. The van der Waals surface area contributed by atoms with Crippen molar-refractivity contribution in [2.24, 2.45) is 0 Å². The fourth-order valence-corrected chi connectivity index (χ4v) is 4.08. The number of H-pyrrole nitrogens is 1. The number of benzene rings is 1. The second-order valence-corrected chi connectivity index (χ2v) is 6.76. The molecule has 1 aromatic carbocycles. The van der Waals surface area contributed by atoms with Crippen molar-refractivity contribution in [3.8, 4) is 5.75 Å². The molecule has 4 nitrogen and oxygen atoms in total. The number of aromatic amines is 1. The highest BCUT2D eigenvalue weighted by Crippen LogP contribution is 2.48. The number of amides is 1. The van der Waals surface area contributed by atoms with Crippen LogP contribution in [-0.4, -0.2) is 18.0 Å². The zero-order valence-corrected chi connectivity index (χ0v) is 14.6. The Morgan fingerprint density at radius 1 is 1.32 bits per heavy atom. The van der Waals surface area contributed by atoms with Crippen LogP contribution in [0.4, 0.5) is 10.1 Å². The van der Waals surface area contributed by atoms with Crippen LogP contribution in [0.3, 0.4) is 0 Å². The fourth-order valence-electron chi connectivity index (χ4n) is 3.84. The van der Waals surface area contributed by atoms with Crippen molar-refractivity contribution >= 4 is 23.2 Å². The Morgan fingerprint density at radius 2 is 2.12 bits per heavy atom. The van der Waals surface area contributed by atoms with Crippen LogP contribution in [-0.2, 0) is 4.79 Å². The van der Waals surface area contributed by atoms with E-state index in [0.717, 1.165) is 42.5 Å². The fraction of sp³-hybridized carbons (Fsp3) is 0.316. The smallest absolute Gasteiger partial charge is 0.255 e. The molecule has 4 rings (SSSR count). The third-order valence-corrected chi connectivity index (χ3v) is 5.28. The van der Waals surface area contributed by atoms with Gasteiger partial charge < -0.3 is 9.72 Å². The van der Waals surface area contributed by atoms with Gasteiger partial charge in [0.25, 0.3) is 5.91 Å². The van der Waals surface area contributed by atoms with Gasteiger partial charge in [0.15, 0.2) is 11.6 Å². The Labute approximate surface area is 150 Å². The lowest BCUT2D eigenvalue weighted by Crippen LogP contribution is -2.30. The summed E-state index contributed by atoms with van der Waals surface area (Å²) in [6, 6.07) is 6.34. The first kappa shape index (κ1) is 16.2. The number of nitrogens with zero attached hydrogens (tertiary/aromatic N) is 1. The van der Waals surface area contributed by atoms with Crippen molar-refractivity contribution in [3.05, 3.63) is 58.1 Å². The molecule has 0 fully saturated rings. The molecule has 1 aliphatic carbocycles. The zero-order chi connectivity index (χ0) is 17.6. The first-order valence-electron chi connectivity index (χ1n) is 8.33. The summed E-state index contributed by atoms with van der Waals surface area (Å²) >= 11 is 6.31. The molecule has 6 heteroatoms. The van der Waals surface area contributed by atoms with E-state index in [9.17, 15) is 9.18 Å². The van der Waals surface area contributed by atoms with Crippen LogP contribution in [0.25, 0.3) is 0 Å². The molecule has 1 amide bonds. The van der Waals surface area contributed by atoms with Crippen LogP contribution in [0.1, 0.15) is 37.4 Å². The molecule has 2 heterocycles. The van der Waals surface area contributed by atoms with Gasteiger partial charge in [-0.05, 0) is 49.5 Å². The molecule has 2 aromatic rings. The maximum absolute atomic E-state index is 14.0. The molecular formula is C19H18ClFN2O2. The van der Waals surface area contributed by atoms with Gasteiger partial charge in [-0.3, -0.25) is 9.69 Å². The van der Waals surface area contributed by atoms with Gasteiger partial charge in [0.1, 0.15) is 0 Å². The van der Waals surface area contributed by atoms with Gasteiger partial charge in [-0.2, -0.15) is 0 Å². The van der Waals surface area contributed by atoms with Crippen LogP contribution in [0, 0.1) is 5.82 Å². The molecule has 25 heavy (non-hydrogen) atoms. The average Bonchev–Trinajstić information content (AvgIpc) is 3.22. The van der Waals surface area contributed by atoms with Gasteiger partial charge in [0.05, 0.1) is 23.9 Å². The number of aromatic nitrogens is 1. The van der Waals surface area contributed by atoms with Gasteiger partial charge in [0, 0.05) is 23.5 Å². The Balaban J connectivity index is 1.87. The van der Waals surface area contributed by atoms with E-state index in [1.807, 2.05) is 18.3 Å². The third-order valence-electron chi connectivity index (χ3n) is 4.97. The van der Waals surface area contributed by atoms with Crippen molar-refractivity contribution in [2.45, 2.75) is 31.7 Å². The van der Waals surface area contributed by atoms with Crippen LogP contribution in [0.15, 0.2) is 41.6 Å². The molecule has 1 atom stereocenters. The Kier molecular flexibility index (Phi) is 4.04. The largest absolute Gasteiger partial charge is 0.494 e. The number of nitrogens with one attached hydrogen (secondary N) is 1. The molecule has 0 saturated heterocycles. The normalized spacial score (nSPS) is 20.2. The van der Waals surface area contributed by atoms with E-state index >= 15 is 0 Å². The minimum atomic E-state index is -0.544. The average molecular weight is 361 g/mol. The minimum absolute atomic E-state index is 0.0511. The molecule has 1 unspecified atom stereocenters. The number of hydrogen-bond donors (Lipinski definition) is 1.